The third-order valence-corrected chi connectivity index (χ3v) is 2.48. The van der Waals surface area contributed by atoms with Gasteiger partial charge in [0, 0.05) is 31.3 Å². The van der Waals surface area contributed by atoms with Gasteiger partial charge in [-0.25, -0.2) is 0 Å². The Hall–Kier alpha value is -1.57. The molecule has 1 aromatic carbocycles. The molecule has 0 aliphatic heterocycles. The lowest BCUT2D eigenvalue weighted by molar-refractivity contribution is -0.387. The fourth-order valence-electron chi connectivity index (χ4n) is 1.62. The van der Waals surface area contributed by atoms with Gasteiger partial charge in [-0.05, 0) is 0 Å². The van der Waals surface area contributed by atoms with Crippen LogP contribution in [0.2, 0.25) is 0 Å². The largest absolute Gasteiger partial charge is 0.395 e. The number of rotatable bonds is 7. The highest BCUT2D eigenvalue weighted by molar-refractivity contribution is 5.36. The molecule has 0 unspecified atom stereocenters. The van der Waals surface area contributed by atoms with Gasteiger partial charge in [0.25, 0.3) is 0 Å². The zero-order valence-electron chi connectivity index (χ0n) is 9.75. The zero-order valence-corrected chi connectivity index (χ0v) is 9.75. The van der Waals surface area contributed by atoms with Crippen molar-refractivity contribution in [2.24, 2.45) is 0 Å². The van der Waals surface area contributed by atoms with Gasteiger partial charge in [0.15, 0.2) is 0 Å². The maximum atomic E-state index is 13.8. The van der Waals surface area contributed by atoms with E-state index in [9.17, 15) is 14.5 Å². The number of nitro groups is 1. The molecular formula is C11H15FN2O4. The van der Waals surface area contributed by atoms with E-state index in [1.54, 1.807) is 4.90 Å². The molecule has 0 radical (unpaired) electrons. The van der Waals surface area contributed by atoms with E-state index in [-0.39, 0.29) is 38.4 Å². The number of halogens is 1. The minimum absolute atomic E-state index is 0.106. The maximum absolute atomic E-state index is 13.8. The Morgan fingerprint density at radius 1 is 1.28 bits per heavy atom. The van der Waals surface area contributed by atoms with Crippen molar-refractivity contribution >= 4 is 5.69 Å². The summed E-state index contributed by atoms with van der Waals surface area (Å²) in [6.45, 7) is 0.382. The monoisotopic (exact) mass is 258 g/mol. The van der Waals surface area contributed by atoms with Gasteiger partial charge in [0.2, 0.25) is 5.82 Å². The Labute approximate surface area is 103 Å². The van der Waals surface area contributed by atoms with Crippen LogP contribution in [0.15, 0.2) is 18.2 Å². The molecule has 100 valence electrons. The molecule has 0 bridgehead atoms. The average Bonchev–Trinajstić information content (AvgIpc) is 2.32. The van der Waals surface area contributed by atoms with Gasteiger partial charge in [-0.3, -0.25) is 15.0 Å². The van der Waals surface area contributed by atoms with Gasteiger partial charge in [-0.2, -0.15) is 4.39 Å². The number of aliphatic hydroxyl groups excluding tert-OH is 2. The van der Waals surface area contributed by atoms with Crippen LogP contribution in [0.3, 0.4) is 0 Å². The van der Waals surface area contributed by atoms with Crippen LogP contribution < -0.4 is 0 Å². The Morgan fingerprint density at radius 2 is 1.89 bits per heavy atom. The van der Waals surface area contributed by atoms with Crippen molar-refractivity contribution in [3.8, 4) is 0 Å². The fourth-order valence-corrected chi connectivity index (χ4v) is 1.62. The lowest BCUT2D eigenvalue weighted by Gasteiger charge is -2.20. The molecule has 1 rings (SSSR count). The fraction of sp³-hybridized carbons (Fsp3) is 0.455. The van der Waals surface area contributed by atoms with Crippen LogP contribution in [0.5, 0.6) is 0 Å². The molecule has 1 aromatic rings. The van der Waals surface area contributed by atoms with Crippen molar-refractivity contribution in [3.63, 3.8) is 0 Å². The normalized spacial score (nSPS) is 10.9. The summed E-state index contributed by atoms with van der Waals surface area (Å²) in [6.07, 6.45) is 0. The van der Waals surface area contributed by atoms with Crippen molar-refractivity contribution in [1.82, 2.24) is 4.90 Å². The lowest BCUT2D eigenvalue weighted by atomic mass is 10.1. The SMILES string of the molecule is O=[N+]([O-])c1cccc(CN(CCO)CCO)c1F. The molecule has 0 saturated carbocycles. The van der Waals surface area contributed by atoms with Gasteiger partial charge in [-0.1, -0.05) is 12.1 Å². The molecule has 0 spiro atoms. The highest BCUT2D eigenvalue weighted by atomic mass is 19.1. The molecule has 0 aliphatic carbocycles. The van der Waals surface area contributed by atoms with Gasteiger partial charge < -0.3 is 10.2 Å². The topological polar surface area (TPSA) is 86.8 Å². The lowest BCUT2D eigenvalue weighted by Crippen LogP contribution is -2.29. The maximum Gasteiger partial charge on any atom is 0.305 e. The van der Waals surface area contributed by atoms with Crippen molar-refractivity contribution < 1.29 is 19.5 Å². The van der Waals surface area contributed by atoms with E-state index < -0.39 is 16.4 Å². The number of hydrogen-bond acceptors (Lipinski definition) is 5. The third kappa shape index (κ3) is 3.73. The quantitative estimate of drug-likeness (QED) is 0.550. The number of hydrogen-bond donors (Lipinski definition) is 2. The van der Waals surface area contributed by atoms with Crippen LogP contribution >= 0.6 is 0 Å². The molecule has 0 aromatic heterocycles. The summed E-state index contributed by atoms with van der Waals surface area (Å²) < 4.78 is 13.8. The molecule has 0 aliphatic rings. The first kappa shape index (κ1) is 14.5. The molecule has 0 amide bonds. The van der Waals surface area contributed by atoms with Crippen molar-refractivity contribution in [2.75, 3.05) is 26.3 Å². The summed E-state index contributed by atoms with van der Waals surface area (Å²) in [5.41, 5.74) is -0.397. The van der Waals surface area contributed by atoms with E-state index >= 15 is 0 Å². The van der Waals surface area contributed by atoms with Gasteiger partial charge in [0.1, 0.15) is 0 Å². The van der Waals surface area contributed by atoms with E-state index in [1.165, 1.54) is 12.1 Å². The van der Waals surface area contributed by atoms with Gasteiger partial charge in [0.05, 0.1) is 18.1 Å². The molecule has 18 heavy (non-hydrogen) atoms. The summed E-state index contributed by atoms with van der Waals surface area (Å²) in [5.74, 6) is -0.872. The second-order valence-corrected chi connectivity index (χ2v) is 3.73. The minimum atomic E-state index is -0.872. The van der Waals surface area contributed by atoms with Crippen LogP contribution in [0.1, 0.15) is 5.56 Å². The Balaban J connectivity index is 2.88. The van der Waals surface area contributed by atoms with Crippen molar-refractivity contribution in [2.45, 2.75) is 6.54 Å². The first-order valence-corrected chi connectivity index (χ1v) is 5.46. The first-order valence-electron chi connectivity index (χ1n) is 5.46. The minimum Gasteiger partial charge on any atom is -0.395 e. The second kappa shape index (κ2) is 7.00. The third-order valence-electron chi connectivity index (χ3n) is 2.48. The van der Waals surface area contributed by atoms with Gasteiger partial charge >= 0.3 is 5.69 Å². The number of aliphatic hydroxyl groups is 2. The molecule has 0 heterocycles. The molecule has 0 saturated heterocycles. The van der Waals surface area contributed by atoms with Crippen molar-refractivity contribution in [3.05, 3.63) is 39.7 Å². The first-order chi connectivity index (χ1) is 8.60. The van der Waals surface area contributed by atoms with E-state index in [1.807, 2.05) is 0 Å². The summed E-state index contributed by atoms with van der Waals surface area (Å²) >= 11 is 0. The molecule has 6 nitrogen and oxygen atoms in total. The standard InChI is InChI=1S/C11H15FN2O4/c12-11-9(2-1-3-10(11)14(17)18)8-13(4-6-15)5-7-16/h1-3,15-16H,4-8H2. The predicted molar refractivity (Wildman–Crippen MR) is 62.5 cm³/mol. The zero-order chi connectivity index (χ0) is 13.5. The van der Waals surface area contributed by atoms with E-state index in [0.717, 1.165) is 6.07 Å². The Morgan fingerprint density at radius 3 is 2.39 bits per heavy atom. The highest BCUT2D eigenvalue weighted by Gasteiger charge is 2.18. The average molecular weight is 258 g/mol. The summed E-state index contributed by atoms with van der Waals surface area (Å²) in [6, 6.07) is 3.96. The van der Waals surface area contributed by atoms with Crippen molar-refractivity contribution in [1.29, 1.82) is 0 Å². The van der Waals surface area contributed by atoms with Crippen LogP contribution in [-0.2, 0) is 6.54 Å². The van der Waals surface area contributed by atoms with E-state index in [4.69, 9.17) is 10.2 Å². The molecule has 7 heteroatoms. The second-order valence-electron chi connectivity index (χ2n) is 3.73. The number of nitro benzene ring substituents is 1. The molecule has 2 N–H and O–H groups in total. The summed E-state index contributed by atoms with van der Waals surface area (Å²) in [4.78, 5) is 11.4. The van der Waals surface area contributed by atoms with Crippen LogP contribution in [0.25, 0.3) is 0 Å². The molecule has 0 fully saturated rings. The van der Waals surface area contributed by atoms with E-state index in [0.29, 0.717) is 0 Å². The summed E-state index contributed by atoms with van der Waals surface area (Å²) in [7, 11) is 0. The number of nitrogens with zero attached hydrogens (tertiary/aromatic N) is 2. The van der Waals surface area contributed by atoms with Crippen LogP contribution in [0, 0.1) is 15.9 Å². The van der Waals surface area contributed by atoms with Crippen LogP contribution in [0.4, 0.5) is 10.1 Å². The smallest absolute Gasteiger partial charge is 0.305 e. The predicted octanol–water partition coefficient (Wildman–Crippen LogP) is 0.520. The number of benzene rings is 1. The van der Waals surface area contributed by atoms with E-state index in [2.05, 4.69) is 0 Å². The van der Waals surface area contributed by atoms with Gasteiger partial charge in [-0.15, -0.1) is 0 Å². The molecule has 0 atom stereocenters. The highest BCUT2D eigenvalue weighted by Crippen LogP contribution is 2.21. The summed E-state index contributed by atoms with van der Waals surface area (Å²) in [5, 5.41) is 28.2. The Kier molecular flexibility index (Phi) is 5.63. The van der Waals surface area contributed by atoms with Crippen LogP contribution in [-0.4, -0.2) is 46.3 Å². The molecular weight excluding hydrogens is 243 g/mol. The Bertz CT molecular complexity index is 408.